The lowest BCUT2D eigenvalue weighted by Gasteiger charge is -2.29. The Morgan fingerprint density at radius 3 is 2.50 bits per heavy atom. The molecule has 28 heavy (non-hydrogen) atoms. The van der Waals surface area contributed by atoms with E-state index in [1.54, 1.807) is 0 Å². The van der Waals surface area contributed by atoms with Gasteiger partial charge in [0.2, 0.25) is 5.91 Å². The number of carbonyl (C=O) groups is 3. The molecule has 1 fully saturated rings. The molecule has 9 heteroatoms. The van der Waals surface area contributed by atoms with E-state index >= 15 is 0 Å². The van der Waals surface area contributed by atoms with Crippen LogP contribution >= 0.6 is 0 Å². The molecule has 1 atom stereocenters. The van der Waals surface area contributed by atoms with Crippen molar-refractivity contribution in [1.82, 2.24) is 5.01 Å². The summed E-state index contributed by atoms with van der Waals surface area (Å²) in [5.41, 5.74) is 1.82. The summed E-state index contributed by atoms with van der Waals surface area (Å²) < 4.78 is 10.5. The molecule has 0 aromatic heterocycles. The van der Waals surface area contributed by atoms with E-state index in [2.05, 4.69) is 15.3 Å². The van der Waals surface area contributed by atoms with E-state index in [9.17, 15) is 14.4 Å². The number of nitrogens with one attached hydrogen (secondary N) is 1. The normalized spacial score (nSPS) is 18.4. The van der Waals surface area contributed by atoms with Crippen LogP contribution in [-0.2, 0) is 23.9 Å². The Kier molecular flexibility index (Phi) is 6.25. The molecule has 0 radical (unpaired) electrons. The maximum Gasteiger partial charge on any atom is 0.355 e. The van der Waals surface area contributed by atoms with Gasteiger partial charge in [-0.2, -0.15) is 5.10 Å². The molecule has 3 rings (SSSR count). The van der Waals surface area contributed by atoms with Gasteiger partial charge in [-0.05, 0) is 31.2 Å². The number of nitrogens with zero attached hydrogens (tertiary/aromatic N) is 3. The predicted molar refractivity (Wildman–Crippen MR) is 103 cm³/mol. The molecule has 0 bridgehead atoms. The van der Waals surface area contributed by atoms with E-state index in [1.807, 2.05) is 24.3 Å². The lowest BCUT2D eigenvalue weighted by molar-refractivity contribution is -0.146. The smallest absolute Gasteiger partial charge is 0.355 e. The Balaban J connectivity index is 1.53. The molecule has 2 heterocycles. The average molecular weight is 388 g/mol. The second-order valence-corrected chi connectivity index (χ2v) is 6.65. The third-order valence-corrected chi connectivity index (χ3v) is 4.61. The molecule has 1 N–H and O–H groups in total. The van der Waals surface area contributed by atoms with Crippen LogP contribution in [0.4, 0.5) is 11.4 Å². The largest absolute Gasteiger partial charge is 0.448 e. The van der Waals surface area contributed by atoms with Crippen LogP contribution in [0.2, 0.25) is 0 Å². The van der Waals surface area contributed by atoms with E-state index in [0.29, 0.717) is 18.9 Å². The van der Waals surface area contributed by atoms with Crippen molar-refractivity contribution in [2.75, 3.05) is 43.6 Å². The van der Waals surface area contributed by atoms with E-state index in [-0.39, 0.29) is 24.5 Å². The Labute approximate surface area is 163 Å². The summed E-state index contributed by atoms with van der Waals surface area (Å²) >= 11 is 0. The summed E-state index contributed by atoms with van der Waals surface area (Å²) in [6, 6.07) is 7.48. The van der Waals surface area contributed by atoms with Gasteiger partial charge in [0, 0.05) is 44.4 Å². The highest BCUT2D eigenvalue weighted by molar-refractivity contribution is 6.37. The molecule has 2 aliphatic heterocycles. The fourth-order valence-corrected chi connectivity index (χ4v) is 2.92. The monoisotopic (exact) mass is 388 g/mol. The zero-order valence-electron chi connectivity index (χ0n) is 16.0. The molecule has 1 aromatic rings. The summed E-state index contributed by atoms with van der Waals surface area (Å²) in [6.45, 7) is 4.58. The number of benzene rings is 1. The van der Waals surface area contributed by atoms with Gasteiger partial charge in [0.15, 0.2) is 6.10 Å². The minimum Gasteiger partial charge on any atom is -0.448 e. The number of esters is 1. The number of ether oxygens (including phenoxy) is 2. The van der Waals surface area contributed by atoms with Gasteiger partial charge in [0.25, 0.3) is 5.91 Å². The number of carbonyl (C=O) groups excluding carboxylic acids is 3. The zero-order valence-corrected chi connectivity index (χ0v) is 16.0. The maximum absolute atomic E-state index is 12.3. The lowest BCUT2D eigenvalue weighted by atomic mass is 10.2. The van der Waals surface area contributed by atoms with E-state index in [1.165, 1.54) is 14.0 Å². The molecule has 0 spiro atoms. The summed E-state index contributed by atoms with van der Waals surface area (Å²) in [5.74, 6) is -1.29. The van der Waals surface area contributed by atoms with Crippen LogP contribution in [0.15, 0.2) is 29.4 Å². The van der Waals surface area contributed by atoms with Gasteiger partial charge < -0.3 is 19.7 Å². The van der Waals surface area contributed by atoms with Gasteiger partial charge in [-0.15, -0.1) is 0 Å². The second-order valence-electron chi connectivity index (χ2n) is 6.65. The van der Waals surface area contributed by atoms with Gasteiger partial charge >= 0.3 is 5.97 Å². The Morgan fingerprint density at radius 1 is 1.18 bits per heavy atom. The first-order valence-corrected chi connectivity index (χ1v) is 9.22. The van der Waals surface area contributed by atoms with E-state index in [0.717, 1.165) is 23.8 Å². The number of hydrogen-bond acceptors (Lipinski definition) is 7. The highest BCUT2D eigenvalue weighted by Gasteiger charge is 2.26. The fourth-order valence-electron chi connectivity index (χ4n) is 2.92. The third kappa shape index (κ3) is 4.86. The van der Waals surface area contributed by atoms with Crippen molar-refractivity contribution >= 4 is 34.9 Å². The van der Waals surface area contributed by atoms with Crippen molar-refractivity contribution in [2.24, 2.45) is 5.10 Å². The number of amides is 2. The third-order valence-electron chi connectivity index (χ3n) is 4.61. The van der Waals surface area contributed by atoms with E-state index < -0.39 is 18.0 Å². The van der Waals surface area contributed by atoms with Crippen LogP contribution in [0.25, 0.3) is 0 Å². The molecule has 0 aliphatic carbocycles. The topological polar surface area (TPSA) is 101 Å². The minimum atomic E-state index is -0.989. The van der Waals surface area contributed by atoms with Crippen LogP contribution < -0.4 is 10.2 Å². The second kappa shape index (κ2) is 8.83. The molecule has 2 aliphatic rings. The summed E-state index contributed by atoms with van der Waals surface area (Å²) in [7, 11) is 1.48. The SMILES string of the molecule is CC(OC(=O)C1=NN(C)C(=O)CC1)C(=O)Nc1ccc(N2CCOCC2)cc1. The number of anilines is 2. The van der Waals surface area contributed by atoms with Gasteiger partial charge in [-0.1, -0.05) is 0 Å². The molecular weight excluding hydrogens is 364 g/mol. The zero-order chi connectivity index (χ0) is 20.1. The van der Waals surface area contributed by atoms with Crippen LogP contribution in [0.3, 0.4) is 0 Å². The van der Waals surface area contributed by atoms with Crippen molar-refractivity contribution in [1.29, 1.82) is 0 Å². The Morgan fingerprint density at radius 2 is 1.86 bits per heavy atom. The molecule has 1 saturated heterocycles. The molecule has 1 aromatic carbocycles. The van der Waals surface area contributed by atoms with Gasteiger partial charge in [-0.3, -0.25) is 9.59 Å². The van der Waals surface area contributed by atoms with Gasteiger partial charge in [0.1, 0.15) is 5.71 Å². The molecule has 1 unspecified atom stereocenters. The highest BCUT2D eigenvalue weighted by Crippen LogP contribution is 2.19. The summed E-state index contributed by atoms with van der Waals surface area (Å²) in [5, 5.41) is 7.74. The van der Waals surface area contributed by atoms with Crippen LogP contribution in [0.5, 0.6) is 0 Å². The van der Waals surface area contributed by atoms with Crippen molar-refractivity contribution < 1.29 is 23.9 Å². The Hall–Kier alpha value is -2.94. The van der Waals surface area contributed by atoms with Crippen LogP contribution in [-0.4, -0.2) is 68.0 Å². The Bertz CT molecular complexity index is 771. The average Bonchev–Trinajstić information content (AvgIpc) is 2.71. The quantitative estimate of drug-likeness (QED) is 0.756. The first kappa shape index (κ1) is 19.8. The summed E-state index contributed by atoms with van der Waals surface area (Å²) in [6.07, 6.45) is -0.586. The van der Waals surface area contributed by atoms with Crippen LogP contribution in [0, 0.1) is 0 Å². The van der Waals surface area contributed by atoms with Crippen molar-refractivity contribution in [3.63, 3.8) is 0 Å². The summed E-state index contributed by atoms with van der Waals surface area (Å²) in [4.78, 5) is 38.1. The highest BCUT2D eigenvalue weighted by atomic mass is 16.5. The molecule has 9 nitrogen and oxygen atoms in total. The van der Waals surface area contributed by atoms with Crippen molar-refractivity contribution in [2.45, 2.75) is 25.9 Å². The standard InChI is InChI=1S/C19H24N4O5/c1-13(28-19(26)16-7-8-17(24)22(2)21-16)18(25)20-14-3-5-15(6-4-14)23-9-11-27-12-10-23/h3-6,13H,7-12H2,1-2H3,(H,20,25). The fraction of sp³-hybridized carbons (Fsp3) is 0.474. The van der Waals surface area contributed by atoms with Crippen LogP contribution in [0.1, 0.15) is 19.8 Å². The molecule has 2 amide bonds. The lowest BCUT2D eigenvalue weighted by Crippen LogP contribution is -2.36. The van der Waals surface area contributed by atoms with E-state index in [4.69, 9.17) is 9.47 Å². The molecule has 0 saturated carbocycles. The first-order chi connectivity index (χ1) is 13.4. The number of hydrogen-bond donors (Lipinski definition) is 1. The number of hydrazone groups is 1. The first-order valence-electron chi connectivity index (χ1n) is 9.22. The van der Waals surface area contributed by atoms with Gasteiger partial charge in [0.05, 0.1) is 13.2 Å². The van der Waals surface area contributed by atoms with Gasteiger partial charge in [-0.25, -0.2) is 9.80 Å². The maximum atomic E-state index is 12.3. The van der Waals surface area contributed by atoms with Crippen molar-refractivity contribution in [3.8, 4) is 0 Å². The predicted octanol–water partition coefficient (Wildman–Crippen LogP) is 1.00. The molecule has 150 valence electrons. The minimum absolute atomic E-state index is 0.136. The number of rotatable bonds is 5. The number of morpholine rings is 1. The van der Waals surface area contributed by atoms with Crippen molar-refractivity contribution in [3.05, 3.63) is 24.3 Å². The molecular formula is C19H24N4O5.